The first kappa shape index (κ1) is 8.96. The predicted molar refractivity (Wildman–Crippen MR) is 36.4 cm³/mol. The highest BCUT2D eigenvalue weighted by atomic mass is 19.4. The third-order valence-electron chi connectivity index (χ3n) is 1.33. The fraction of sp³-hybridized carbons (Fsp3) is 0.429. The highest BCUT2D eigenvalue weighted by Crippen LogP contribution is 2.25. The Morgan fingerprint density at radius 2 is 2.08 bits per heavy atom. The second kappa shape index (κ2) is 3.08. The molecule has 0 aliphatic heterocycles. The number of nitrogens with zero attached hydrogens (tertiary/aromatic N) is 2. The van der Waals surface area contributed by atoms with Crippen LogP contribution in [0.4, 0.5) is 13.2 Å². The summed E-state index contributed by atoms with van der Waals surface area (Å²) >= 11 is 0. The Morgan fingerprint density at radius 1 is 1.42 bits per heavy atom. The van der Waals surface area contributed by atoms with Crippen molar-refractivity contribution in [2.24, 2.45) is 0 Å². The highest BCUT2D eigenvalue weighted by Gasteiger charge is 2.34. The molecule has 12 heavy (non-hydrogen) atoms. The van der Waals surface area contributed by atoms with Crippen LogP contribution in [0.25, 0.3) is 0 Å². The van der Waals surface area contributed by atoms with E-state index >= 15 is 0 Å². The van der Waals surface area contributed by atoms with Gasteiger partial charge in [-0.2, -0.15) is 13.2 Å². The van der Waals surface area contributed by atoms with Crippen LogP contribution in [0.2, 0.25) is 0 Å². The molecular formula is C7H7F3N2. The van der Waals surface area contributed by atoms with Gasteiger partial charge in [0.15, 0.2) is 0 Å². The van der Waals surface area contributed by atoms with Gasteiger partial charge < -0.3 is 0 Å². The number of halogens is 3. The smallest absolute Gasteiger partial charge is 0.233 e. The number of aryl methyl sites for hydroxylation is 1. The number of hydrogen-bond acceptors (Lipinski definition) is 2. The first-order valence-corrected chi connectivity index (χ1v) is 3.43. The Labute approximate surface area is 67.5 Å². The summed E-state index contributed by atoms with van der Waals surface area (Å²) in [7, 11) is 0. The van der Waals surface area contributed by atoms with Crippen molar-refractivity contribution in [1.82, 2.24) is 9.97 Å². The first-order chi connectivity index (χ1) is 5.54. The van der Waals surface area contributed by atoms with Crippen LogP contribution in [0, 0.1) is 0 Å². The van der Waals surface area contributed by atoms with Gasteiger partial charge in [0, 0.05) is 11.9 Å². The molecule has 0 aliphatic carbocycles. The molecule has 0 aromatic carbocycles. The molecule has 1 aromatic heterocycles. The average Bonchev–Trinajstić information content (AvgIpc) is 2.03. The monoisotopic (exact) mass is 176 g/mol. The molecule has 0 atom stereocenters. The summed E-state index contributed by atoms with van der Waals surface area (Å²) in [4.78, 5) is 6.45. The second-order valence-electron chi connectivity index (χ2n) is 2.22. The first-order valence-electron chi connectivity index (χ1n) is 3.43. The molecule has 0 bridgehead atoms. The van der Waals surface area contributed by atoms with Gasteiger partial charge in [-0.15, -0.1) is 0 Å². The van der Waals surface area contributed by atoms with Crippen LogP contribution in [-0.2, 0) is 12.6 Å². The van der Waals surface area contributed by atoms with E-state index in [0.717, 1.165) is 6.20 Å². The van der Waals surface area contributed by atoms with Crippen LogP contribution in [0.3, 0.4) is 0 Å². The van der Waals surface area contributed by atoms with E-state index in [1.807, 2.05) is 0 Å². The topological polar surface area (TPSA) is 25.8 Å². The molecule has 1 rings (SSSR count). The van der Waals surface area contributed by atoms with Gasteiger partial charge in [0.1, 0.15) is 0 Å². The summed E-state index contributed by atoms with van der Waals surface area (Å²) in [6.07, 6.45) is -2.84. The Bertz CT molecular complexity index is 270. The van der Waals surface area contributed by atoms with E-state index in [1.54, 1.807) is 6.92 Å². The van der Waals surface area contributed by atoms with Gasteiger partial charge >= 0.3 is 6.18 Å². The standard InChI is InChI=1S/C7H7F3N2/c1-2-5-3-4-11-6(12-5)7(8,9)10/h3-4H,2H2,1H3. The molecule has 0 fully saturated rings. The molecule has 5 heteroatoms. The zero-order valence-electron chi connectivity index (χ0n) is 6.39. The van der Waals surface area contributed by atoms with Crippen LogP contribution >= 0.6 is 0 Å². The van der Waals surface area contributed by atoms with E-state index in [-0.39, 0.29) is 0 Å². The number of hydrogen-bond donors (Lipinski definition) is 0. The summed E-state index contributed by atoms with van der Waals surface area (Å²) in [6.45, 7) is 1.74. The third-order valence-corrected chi connectivity index (χ3v) is 1.33. The number of alkyl halides is 3. The lowest BCUT2D eigenvalue weighted by Crippen LogP contribution is -2.11. The van der Waals surface area contributed by atoms with Crippen molar-refractivity contribution in [3.05, 3.63) is 23.8 Å². The molecule has 0 radical (unpaired) electrons. The summed E-state index contributed by atoms with van der Waals surface area (Å²) in [5.41, 5.74) is 0.400. The summed E-state index contributed by atoms with van der Waals surface area (Å²) < 4.78 is 35.9. The van der Waals surface area contributed by atoms with Gasteiger partial charge in [-0.05, 0) is 12.5 Å². The fourth-order valence-electron chi connectivity index (χ4n) is 0.730. The zero-order valence-corrected chi connectivity index (χ0v) is 6.39. The maximum Gasteiger partial charge on any atom is 0.451 e. The van der Waals surface area contributed by atoms with Crippen LogP contribution in [0.15, 0.2) is 12.3 Å². The van der Waals surface area contributed by atoms with Gasteiger partial charge in [0.05, 0.1) is 0 Å². The summed E-state index contributed by atoms with van der Waals surface area (Å²) in [5, 5.41) is 0. The molecule has 0 saturated carbocycles. The van der Waals surface area contributed by atoms with Crippen molar-refractivity contribution < 1.29 is 13.2 Å². The maximum atomic E-state index is 12.0. The predicted octanol–water partition coefficient (Wildman–Crippen LogP) is 2.06. The molecular weight excluding hydrogens is 169 g/mol. The minimum atomic E-state index is -4.44. The molecule has 2 nitrogen and oxygen atoms in total. The Balaban J connectivity index is 3.02. The Hall–Kier alpha value is -1.13. The van der Waals surface area contributed by atoms with Crippen molar-refractivity contribution in [1.29, 1.82) is 0 Å². The van der Waals surface area contributed by atoms with E-state index in [0.29, 0.717) is 12.1 Å². The molecule has 0 amide bonds. The van der Waals surface area contributed by atoms with E-state index in [1.165, 1.54) is 6.07 Å². The van der Waals surface area contributed by atoms with Crippen molar-refractivity contribution >= 4 is 0 Å². The molecule has 1 heterocycles. The van der Waals surface area contributed by atoms with Crippen molar-refractivity contribution in [2.75, 3.05) is 0 Å². The minimum absolute atomic E-state index is 0.400. The molecule has 0 unspecified atom stereocenters. The van der Waals surface area contributed by atoms with Crippen molar-refractivity contribution in [3.63, 3.8) is 0 Å². The average molecular weight is 176 g/mol. The lowest BCUT2D eigenvalue weighted by atomic mass is 10.3. The maximum absolute atomic E-state index is 12.0. The van der Waals surface area contributed by atoms with Gasteiger partial charge in [-0.1, -0.05) is 6.92 Å². The molecule has 0 aliphatic rings. The van der Waals surface area contributed by atoms with Crippen molar-refractivity contribution in [2.45, 2.75) is 19.5 Å². The van der Waals surface area contributed by atoms with E-state index < -0.39 is 12.0 Å². The van der Waals surface area contributed by atoms with Crippen molar-refractivity contribution in [3.8, 4) is 0 Å². The lowest BCUT2D eigenvalue weighted by molar-refractivity contribution is -0.145. The second-order valence-corrected chi connectivity index (χ2v) is 2.22. The van der Waals surface area contributed by atoms with Gasteiger partial charge in [-0.3, -0.25) is 0 Å². The minimum Gasteiger partial charge on any atom is -0.233 e. The summed E-state index contributed by atoms with van der Waals surface area (Å²) in [6, 6.07) is 1.47. The Kier molecular flexibility index (Phi) is 2.30. The van der Waals surface area contributed by atoms with Crippen LogP contribution in [0.1, 0.15) is 18.4 Å². The molecule has 1 aromatic rings. The zero-order chi connectivity index (χ0) is 9.19. The third kappa shape index (κ3) is 1.93. The van der Waals surface area contributed by atoms with Gasteiger partial charge in [0.2, 0.25) is 5.82 Å². The SMILES string of the molecule is CCc1ccnc(C(F)(F)F)n1. The van der Waals surface area contributed by atoms with Crippen LogP contribution in [0.5, 0.6) is 0 Å². The summed E-state index contributed by atoms with van der Waals surface area (Å²) in [5.74, 6) is -1.07. The number of aromatic nitrogens is 2. The normalized spacial score (nSPS) is 11.7. The molecule has 66 valence electrons. The quantitative estimate of drug-likeness (QED) is 0.654. The molecule has 0 N–H and O–H groups in total. The Morgan fingerprint density at radius 3 is 2.58 bits per heavy atom. The number of rotatable bonds is 1. The van der Waals surface area contributed by atoms with E-state index in [9.17, 15) is 13.2 Å². The van der Waals surface area contributed by atoms with Gasteiger partial charge in [-0.25, -0.2) is 9.97 Å². The van der Waals surface area contributed by atoms with E-state index in [2.05, 4.69) is 9.97 Å². The molecule has 0 saturated heterocycles. The van der Waals surface area contributed by atoms with Crippen LogP contribution < -0.4 is 0 Å². The highest BCUT2D eigenvalue weighted by molar-refractivity contribution is 5.03. The van der Waals surface area contributed by atoms with Gasteiger partial charge in [0.25, 0.3) is 0 Å². The molecule has 0 spiro atoms. The fourth-order valence-corrected chi connectivity index (χ4v) is 0.730. The lowest BCUT2D eigenvalue weighted by Gasteiger charge is -2.04. The largest absolute Gasteiger partial charge is 0.451 e. The van der Waals surface area contributed by atoms with Crippen LogP contribution in [-0.4, -0.2) is 9.97 Å². The van der Waals surface area contributed by atoms with E-state index in [4.69, 9.17) is 0 Å².